The van der Waals surface area contributed by atoms with Gasteiger partial charge in [-0.05, 0) is 18.9 Å². The van der Waals surface area contributed by atoms with Crippen molar-refractivity contribution in [3.8, 4) is 0 Å². The van der Waals surface area contributed by atoms with Gasteiger partial charge in [0.15, 0.2) is 0 Å². The number of rotatable bonds is 3. The summed E-state index contributed by atoms with van der Waals surface area (Å²) in [5.74, 6) is -0.165. The van der Waals surface area contributed by atoms with Crippen molar-refractivity contribution in [2.75, 3.05) is 0 Å². The molecule has 0 spiro atoms. The van der Waals surface area contributed by atoms with Crippen LogP contribution in [-0.4, -0.2) is 5.97 Å². The molecule has 1 atom stereocenters. The third-order valence-corrected chi connectivity index (χ3v) is 2.60. The Bertz CT molecular complexity index is 349. The quantitative estimate of drug-likeness (QED) is 0.737. The summed E-state index contributed by atoms with van der Waals surface area (Å²) in [4.78, 5) is 11.4. The van der Waals surface area contributed by atoms with E-state index in [4.69, 9.17) is 4.74 Å². The van der Waals surface area contributed by atoms with Crippen molar-refractivity contribution in [2.24, 2.45) is 0 Å². The molecule has 0 aliphatic carbocycles. The molecular formula is C12H16O2S. The van der Waals surface area contributed by atoms with Crippen LogP contribution < -0.4 is 0 Å². The topological polar surface area (TPSA) is 26.3 Å². The van der Waals surface area contributed by atoms with Gasteiger partial charge < -0.3 is 4.74 Å². The summed E-state index contributed by atoms with van der Waals surface area (Å²) >= 11 is 0. The molecule has 1 aromatic rings. The van der Waals surface area contributed by atoms with E-state index in [0.29, 0.717) is 0 Å². The third-order valence-electron chi connectivity index (χ3n) is 2.60. The fourth-order valence-corrected chi connectivity index (χ4v) is 1.82. The molecule has 82 valence electrons. The Morgan fingerprint density at radius 2 is 2.07 bits per heavy atom. The Kier molecular flexibility index (Phi) is 4.21. The molecule has 0 aromatic heterocycles. The highest BCUT2D eigenvalue weighted by molar-refractivity contribution is 7.59. The van der Waals surface area contributed by atoms with Crippen LogP contribution in [0.25, 0.3) is 0 Å². The van der Waals surface area contributed by atoms with E-state index in [0.717, 1.165) is 30.4 Å². The number of hydrogen-bond acceptors (Lipinski definition) is 2. The minimum Gasteiger partial charge on any atom is -0.454 e. The predicted molar refractivity (Wildman–Crippen MR) is 64.5 cm³/mol. The van der Waals surface area contributed by atoms with Gasteiger partial charge in [0, 0.05) is 5.56 Å². The first-order valence-corrected chi connectivity index (χ1v) is 5.13. The molecule has 0 unspecified atom stereocenters. The Morgan fingerprint density at radius 3 is 2.80 bits per heavy atom. The lowest BCUT2D eigenvalue weighted by atomic mass is 10.0. The molecule has 0 saturated carbocycles. The molecule has 1 aromatic carbocycles. The average Bonchev–Trinajstić information content (AvgIpc) is 2.54. The Balaban J connectivity index is 0.00000112. The Labute approximate surface area is 97.1 Å². The van der Waals surface area contributed by atoms with Crippen LogP contribution in [0.1, 0.15) is 48.2 Å². The van der Waals surface area contributed by atoms with Crippen LogP contribution in [-0.2, 0) is 4.74 Å². The summed E-state index contributed by atoms with van der Waals surface area (Å²) in [6.07, 6.45) is 3.18. The molecule has 3 heteroatoms. The number of cyclic esters (lactones) is 1. The van der Waals surface area contributed by atoms with Gasteiger partial charge in [-0.2, -0.15) is 13.5 Å². The lowest BCUT2D eigenvalue weighted by Crippen LogP contribution is -1.98. The molecule has 1 aliphatic rings. The van der Waals surface area contributed by atoms with Crippen molar-refractivity contribution in [3.05, 3.63) is 35.4 Å². The molecule has 15 heavy (non-hydrogen) atoms. The molecule has 2 rings (SSSR count). The smallest absolute Gasteiger partial charge is 0.339 e. The maximum atomic E-state index is 11.4. The van der Waals surface area contributed by atoms with E-state index in [-0.39, 0.29) is 25.6 Å². The zero-order valence-corrected chi connectivity index (χ0v) is 9.82. The van der Waals surface area contributed by atoms with Gasteiger partial charge in [0.1, 0.15) is 6.10 Å². The van der Waals surface area contributed by atoms with Gasteiger partial charge in [0.2, 0.25) is 0 Å². The van der Waals surface area contributed by atoms with Crippen LogP contribution in [0.5, 0.6) is 0 Å². The maximum Gasteiger partial charge on any atom is 0.339 e. The van der Waals surface area contributed by atoms with Crippen molar-refractivity contribution < 1.29 is 9.53 Å². The van der Waals surface area contributed by atoms with Gasteiger partial charge in [0.05, 0.1) is 5.56 Å². The van der Waals surface area contributed by atoms with Crippen molar-refractivity contribution in [2.45, 2.75) is 32.3 Å². The highest BCUT2D eigenvalue weighted by Crippen LogP contribution is 2.33. The second kappa shape index (κ2) is 5.21. The summed E-state index contributed by atoms with van der Waals surface area (Å²) in [5, 5.41) is 0. The van der Waals surface area contributed by atoms with E-state index >= 15 is 0 Å². The fraction of sp³-hybridized carbons (Fsp3) is 0.417. The average molecular weight is 224 g/mol. The van der Waals surface area contributed by atoms with Gasteiger partial charge in [0.25, 0.3) is 0 Å². The number of benzene rings is 1. The SMILES string of the molecule is CCCC[C@@H]1OC(=O)c2ccccc21.S. The molecular weight excluding hydrogens is 208 g/mol. The molecule has 1 aliphatic heterocycles. The second-order valence-corrected chi connectivity index (χ2v) is 3.62. The first kappa shape index (κ1) is 12.1. The number of unbranched alkanes of at least 4 members (excludes halogenated alkanes) is 1. The van der Waals surface area contributed by atoms with Crippen LogP contribution >= 0.6 is 13.5 Å². The van der Waals surface area contributed by atoms with E-state index in [1.54, 1.807) is 0 Å². The van der Waals surface area contributed by atoms with Crippen LogP contribution in [0.3, 0.4) is 0 Å². The maximum absolute atomic E-state index is 11.4. The van der Waals surface area contributed by atoms with Crippen molar-refractivity contribution >= 4 is 19.5 Å². The molecule has 0 fully saturated rings. The van der Waals surface area contributed by atoms with Gasteiger partial charge in [-0.25, -0.2) is 4.79 Å². The number of fused-ring (bicyclic) bond motifs is 1. The first-order valence-electron chi connectivity index (χ1n) is 5.13. The number of carbonyl (C=O) groups excluding carboxylic acids is 1. The van der Waals surface area contributed by atoms with Gasteiger partial charge in [-0.3, -0.25) is 0 Å². The summed E-state index contributed by atoms with van der Waals surface area (Å²) < 4.78 is 5.29. The van der Waals surface area contributed by atoms with Gasteiger partial charge >= 0.3 is 5.97 Å². The van der Waals surface area contributed by atoms with E-state index in [2.05, 4.69) is 6.92 Å². The predicted octanol–water partition coefficient (Wildman–Crippen LogP) is 3.20. The van der Waals surface area contributed by atoms with Crippen LogP contribution in [0, 0.1) is 0 Å². The number of hydrogen-bond donors (Lipinski definition) is 0. The Morgan fingerprint density at radius 1 is 1.33 bits per heavy atom. The third kappa shape index (κ3) is 2.34. The molecule has 0 radical (unpaired) electrons. The number of ether oxygens (including phenoxy) is 1. The first-order chi connectivity index (χ1) is 6.83. The number of carbonyl (C=O) groups is 1. The van der Waals surface area contributed by atoms with E-state index in [1.165, 1.54) is 0 Å². The fourth-order valence-electron chi connectivity index (χ4n) is 1.82. The summed E-state index contributed by atoms with van der Waals surface area (Å²) in [7, 11) is 0. The minimum atomic E-state index is -0.165. The number of esters is 1. The van der Waals surface area contributed by atoms with Crippen LogP contribution in [0.4, 0.5) is 0 Å². The lowest BCUT2D eigenvalue weighted by molar-refractivity contribution is 0.0364. The normalized spacial score (nSPS) is 17.9. The highest BCUT2D eigenvalue weighted by Gasteiger charge is 2.29. The summed E-state index contributed by atoms with van der Waals surface area (Å²) in [5.41, 5.74) is 1.81. The zero-order chi connectivity index (χ0) is 9.97. The standard InChI is InChI=1S/C12H14O2.H2S/c1-2-3-8-11-9-6-4-5-7-10(9)12(13)14-11;/h4-7,11H,2-3,8H2,1H3;1H2/t11-;/m0./s1. The van der Waals surface area contributed by atoms with E-state index < -0.39 is 0 Å². The Hall–Kier alpha value is -0.960. The second-order valence-electron chi connectivity index (χ2n) is 3.62. The molecule has 0 bridgehead atoms. The van der Waals surface area contributed by atoms with Crippen molar-refractivity contribution in [1.29, 1.82) is 0 Å². The van der Waals surface area contributed by atoms with E-state index in [1.807, 2.05) is 24.3 Å². The monoisotopic (exact) mass is 224 g/mol. The lowest BCUT2D eigenvalue weighted by Gasteiger charge is -2.08. The highest BCUT2D eigenvalue weighted by atomic mass is 32.1. The largest absolute Gasteiger partial charge is 0.454 e. The molecule has 0 N–H and O–H groups in total. The molecule has 2 nitrogen and oxygen atoms in total. The molecule has 0 amide bonds. The minimum absolute atomic E-state index is 0. The van der Waals surface area contributed by atoms with E-state index in [9.17, 15) is 4.79 Å². The van der Waals surface area contributed by atoms with Crippen LogP contribution in [0.15, 0.2) is 24.3 Å². The van der Waals surface area contributed by atoms with Gasteiger partial charge in [-0.15, -0.1) is 0 Å². The van der Waals surface area contributed by atoms with Crippen molar-refractivity contribution in [1.82, 2.24) is 0 Å². The van der Waals surface area contributed by atoms with Crippen molar-refractivity contribution in [3.63, 3.8) is 0 Å². The summed E-state index contributed by atoms with van der Waals surface area (Å²) in [6, 6.07) is 7.66. The molecule has 1 heterocycles. The molecule has 0 saturated heterocycles. The zero-order valence-electron chi connectivity index (χ0n) is 8.82. The summed E-state index contributed by atoms with van der Waals surface area (Å²) in [6.45, 7) is 2.14. The van der Waals surface area contributed by atoms with Gasteiger partial charge in [-0.1, -0.05) is 31.5 Å². The van der Waals surface area contributed by atoms with Crippen LogP contribution in [0.2, 0.25) is 0 Å².